The molecule has 174 valence electrons. The smallest absolute Gasteiger partial charge is 0.348 e. The number of alkyl halides is 2. The van der Waals surface area contributed by atoms with Gasteiger partial charge in [-0.2, -0.15) is 0 Å². The lowest BCUT2D eigenvalue weighted by Crippen LogP contribution is -2.17. The molecule has 0 saturated carbocycles. The Labute approximate surface area is 192 Å². The zero-order valence-electron chi connectivity index (χ0n) is 19.0. The standard InChI is InChI=1S/C18H21F2N3OS.C3H7NO.C2H2/c1-4-7-12(2)10-11-13(3)25-18-22-21-17(24)23(18)15-9-6-5-8-14(15)16(19)20;1-4(2)3-5;1-2/h5-6,8-11,16H,4,7H2,1-3H3,(H,21,24);3H,1-2H3;1-2H/b12-10+,13-11+;;. The van der Waals surface area contributed by atoms with Crippen LogP contribution in [-0.2, 0) is 4.79 Å². The maximum absolute atomic E-state index is 13.3. The first-order valence-electron chi connectivity index (χ1n) is 9.73. The van der Waals surface area contributed by atoms with Crippen molar-refractivity contribution in [3.05, 3.63) is 62.9 Å². The third-order valence-corrected chi connectivity index (χ3v) is 4.68. The largest absolute Gasteiger partial charge is 0.351 e. The Morgan fingerprint density at radius 2 is 1.84 bits per heavy atom. The average molecular weight is 465 g/mol. The molecule has 0 aliphatic carbocycles. The zero-order valence-corrected chi connectivity index (χ0v) is 19.8. The normalized spacial score (nSPS) is 11.2. The molecule has 0 aliphatic rings. The highest BCUT2D eigenvalue weighted by atomic mass is 32.2. The summed E-state index contributed by atoms with van der Waals surface area (Å²) in [5.74, 6) is 0. The summed E-state index contributed by atoms with van der Waals surface area (Å²) in [6.45, 7) is 6.07. The Morgan fingerprint density at radius 3 is 2.38 bits per heavy atom. The number of terminal acetylenes is 1. The van der Waals surface area contributed by atoms with Gasteiger partial charge in [-0.25, -0.2) is 23.2 Å². The van der Waals surface area contributed by atoms with Crippen molar-refractivity contribution in [1.82, 2.24) is 19.7 Å². The first-order valence-corrected chi connectivity index (χ1v) is 10.5. The molecule has 0 radical (unpaired) electrons. The SMILES string of the molecule is C#C.CCC/C(C)=C/C=C(\C)Sc1n[nH]c(=O)n1-c1ccccc1C(F)F.CN(C)C=O. The number of thioether (sulfide) groups is 1. The first-order chi connectivity index (χ1) is 15.2. The third kappa shape index (κ3) is 9.79. The fourth-order valence-corrected chi connectivity index (χ4v) is 3.14. The molecule has 1 amide bonds. The highest BCUT2D eigenvalue weighted by molar-refractivity contribution is 8.02. The molecule has 0 bridgehead atoms. The molecular formula is C23H30F2N4O2S. The van der Waals surface area contributed by atoms with Crippen LogP contribution in [0.5, 0.6) is 0 Å². The second-order valence-electron chi connectivity index (χ2n) is 6.72. The van der Waals surface area contributed by atoms with Gasteiger partial charge in [-0.05, 0) is 31.2 Å². The molecule has 9 heteroatoms. The number of amides is 1. The lowest BCUT2D eigenvalue weighted by molar-refractivity contribution is -0.115. The van der Waals surface area contributed by atoms with E-state index >= 15 is 0 Å². The van der Waals surface area contributed by atoms with Gasteiger partial charge in [0.25, 0.3) is 6.43 Å². The second kappa shape index (κ2) is 15.6. The van der Waals surface area contributed by atoms with E-state index in [1.54, 1.807) is 20.2 Å². The van der Waals surface area contributed by atoms with E-state index in [4.69, 9.17) is 0 Å². The molecule has 0 saturated heterocycles. The number of nitrogens with one attached hydrogen (secondary N) is 1. The molecule has 6 nitrogen and oxygen atoms in total. The average Bonchev–Trinajstić information content (AvgIpc) is 3.13. The lowest BCUT2D eigenvalue weighted by atomic mass is 10.1. The van der Waals surface area contributed by atoms with Gasteiger partial charge in [0.1, 0.15) is 0 Å². The quantitative estimate of drug-likeness (QED) is 0.252. The van der Waals surface area contributed by atoms with Crippen LogP contribution < -0.4 is 5.69 Å². The zero-order chi connectivity index (χ0) is 24.7. The molecule has 1 aromatic carbocycles. The van der Waals surface area contributed by atoms with E-state index in [0.717, 1.165) is 24.2 Å². The minimum atomic E-state index is -2.67. The van der Waals surface area contributed by atoms with Crippen LogP contribution in [0, 0.1) is 12.8 Å². The minimum Gasteiger partial charge on any atom is -0.351 e. The van der Waals surface area contributed by atoms with Gasteiger partial charge in [0.2, 0.25) is 11.6 Å². The second-order valence-corrected chi connectivity index (χ2v) is 7.93. The van der Waals surface area contributed by atoms with Gasteiger partial charge < -0.3 is 4.90 Å². The number of aromatic amines is 1. The topological polar surface area (TPSA) is 71.0 Å². The number of carbonyl (C=O) groups is 1. The molecule has 2 aromatic rings. The van der Waals surface area contributed by atoms with E-state index in [0.29, 0.717) is 5.16 Å². The molecule has 32 heavy (non-hydrogen) atoms. The molecule has 0 aliphatic heterocycles. The Kier molecular flexibility index (Phi) is 14.1. The van der Waals surface area contributed by atoms with Gasteiger partial charge in [0.05, 0.1) is 5.69 Å². The van der Waals surface area contributed by atoms with Crippen LogP contribution in [0.25, 0.3) is 5.69 Å². The number of hydrogen-bond acceptors (Lipinski definition) is 4. The molecule has 1 heterocycles. The Hall–Kier alpha value is -3.12. The van der Waals surface area contributed by atoms with Crippen LogP contribution in [0.4, 0.5) is 8.78 Å². The number of halogens is 2. The monoisotopic (exact) mass is 464 g/mol. The van der Waals surface area contributed by atoms with Crippen molar-refractivity contribution < 1.29 is 13.6 Å². The molecule has 1 N–H and O–H groups in total. The van der Waals surface area contributed by atoms with Crippen LogP contribution in [0.15, 0.2) is 56.8 Å². The van der Waals surface area contributed by atoms with Gasteiger partial charge in [0.15, 0.2) is 0 Å². The minimum absolute atomic E-state index is 0.143. The lowest BCUT2D eigenvalue weighted by Gasteiger charge is -2.10. The van der Waals surface area contributed by atoms with Crippen LogP contribution in [-0.4, -0.2) is 40.2 Å². The maximum Gasteiger partial charge on any atom is 0.348 e. The van der Waals surface area contributed by atoms with E-state index < -0.39 is 12.1 Å². The molecular weight excluding hydrogens is 434 g/mol. The fourth-order valence-electron chi connectivity index (χ4n) is 2.35. The van der Waals surface area contributed by atoms with Crippen LogP contribution in [0.3, 0.4) is 0 Å². The van der Waals surface area contributed by atoms with Crippen molar-refractivity contribution >= 4 is 18.2 Å². The van der Waals surface area contributed by atoms with Crippen molar-refractivity contribution in [1.29, 1.82) is 0 Å². The van der Waals surface area contributed by atoms with Gasteiger partial charge in [0, 0.05) is 19.7 Å². The Balaban J connectivity index is 0.00000121. The fraction of sp³-hybridized carbons (Fsp3) is 0.348. The highest BCUT2D eigenvalue weighted by Crippen LogP contribution is 2.30. The molecule has 0 atom stereocenters. The number of hydrogen-bond donors (Lipinski definition) is 1. The van der Waals surface area contributed by atoms with E-state index in [9.17, 15) is 18.4 Å². The van der Waals surface area contributed by atoms with E-state index in [1.165, 1.54) is 45.0 Å². The van der Waals surface area contributed by atoms with Crippen molar-refractivity contribution in [3.63, 3.8) is 0 Å². The number of nitrogens with zero attached hydrogens (tertiary/aromatic N) is 3. The van der Waals surface area contributed by atoms with Crippen LogP contribution in [0.1, 0.15) is 45.6 Å². The summed E-state index contributed by atoms with van der Waals surface area (Å²) in [4.78, 5) is 23.9. The number of benzene rings is 1. The van der Waals surface area contributed by atoms with Crippen molar-refractivity contribution in [3.8, 4) is 18.5 Å². The Morgan fingerprint density at radius 1 is 1.25 bits per heavy atom. The summed E-state index contributed by atoms with van der Waals surface area (Å²) >= 11 is 1.26. The number of para-hydroxylation sites is 1. The van der Waals surface area contributed by atoms with Crippen molar-refractivity contribution in [2.24, 2.45) is 0 Å². The van der Waals surface area contributed by atoms with E-state index in [-0.39, 0.29) is 11.3 Å². The summed E-state index contributed by atoms with van der Waals surface area (Å²) in [5, 5.41) is 6.65. The van der Waals surface area contributed by atoms with Gasteiger partial charge in [-0.3, -0.25) is 4.79 Å². The number of carbonyl (C=O) groups excluding carboxylic acids is 1. The molecule has 0 spiro atoms. The van der Waals surface area contributed by atoms with Crippen LogP contribution in [0.2, 0.25) is 0 Å². The number of aromatic nitrogens is 3. The Bertz CT molecular complexity index is 976. The summed E-state index contributed by atoms with van der Waals surface area (Å²) in [7, 11) is 3.38. The van der Waals surface area contributed by atoms with Crippen molar-refractivity contribution in [2.45, 2.75) is 45.2 Å². The first kappa shape index (κ1) is 28.9. The van der Waals surface area contributed by atoms with Gasteiger partial charge >= 0.3 is 5.69 Å². The molecule has 2 rings (SSSR count). The summed E-state index contributed by atoms with van der Waals surface area (Å²) in [5.41, 5.74) is 0.656. The molecule has 0 unspecified atom stereocenters. The number of allylic oxidation sites excluding steroid dienone is 4. The predicted octanol–water partition coefficient (Wildman–Crippen LogP) is 5.19. The summed E-state index contributed by atoms with van der Waals surface area (Å²) in [6.07, 6.45) is 12.1. The van der Waals surface area contributed by atoms with E-state index in [1.807, 2.05) is 19.1 Å². The maximum atomic E-state index is 13.3. The van der Waals surface area contributed by atoms with Crippen molar-refractivity contribution in [2.75, 3.05) is 14.1 Å². The molecule has 0 fully saturated rings. The highest BCUT2D eigenvalue weighted by Gasteiger charge is 2.19. The van der Waals surface area contributed by atoms with Gasteiger partial charge in [-0.1, -0.05) is 61.0 Å². The predicted molar refractivity (Wildman–Crippen MR) is 127 cm³/mol. The van der Waals surface area contributed by atoms with Gasteiger partial charge in [-0.15, -0.1) is 17.9 Å². The third-order valence-electron chi connectivity index (χ3n) is 3.76. The number of rotatable bonds is 8. The van der Waals surface area contributed by atoms with E-state index in [2.05, 4.69) is 36.9 Å². The molecule has 1 aromatic heterocycles. The summed E-state index contributed by atoms with van der Waals surface area (Å²) in [6, 6.07) is 5.95. The summed E-state index contributed by atoms with van der Waals surface area (Å²) < 4.78 is 27.7. The number of H-pyrrole nitrogens is 1. The van der Waals surface area contributed by atoms with Crippen LogP contribution >= 0.6 is 11.8 Å².